The molecule has 1 aliphatic rings. The molecule has 0 aromatic heterocycles. The van der Waals surface area contributed by atoms with Gasteiger partial charge >= 0.3 is 5.97 Å². The van der Waals surface area contributed by atoms with E-state index in [9.17, 15) is 22.7 Å². The Morgan fingerprint density at radius 2 is 2.05 bits per heavy atom. The zero-order chi connectivity index (χ0) is 15.6. The Hall–Kier alpha value is -1.47. The second-order valence-electron chi connectivity index (χ2n) is 5.23. The van der Waals surface area contributed by atoms with Gasteiger partial charge in [0.1, 0.15) is 11.9 Å². The van der Waals surface area contributed by atoms with Crippen LogP contribution in [0.3, 0.4) is 0 Å². The first-order valence-corrected chi connectivity index (χ1v) is 8.29. The van der Waals surface area contributed by atoms with E-state index in [4.69, 9.17) is 0 Å². The van der Waals surface area contributed by atoms with Crippen molar-refractivity contribution in [2.24, 2.45) is 0 Å². The number of carboxylic acid groups (broad SMARTS) is 1. The Balaban J connectivity index is 2.46. The molecule has 5 nitrogen and oxygen atoms in total. The molecule has 0 bridgehead atoms. The molecule has 2 rings (SSSR count). The van der Waals surface area contributed by atoms with Crippen molar-refractivity contribution in [2.45, 2.75) is 43.5 Å². The van der Waals surface area contributed by atoms with Gasteiger partial charge in [0.15, 0.2) is 0 Å². The summed E-state index contributed by atoms with van der Waals surface area (Å²) in [6.45, 7) is 1.68. The van der Waals surface area contributed by atoms with E-state index in [1.54, 1.807) is 0 Å². The number of hydrogen-bond donors (Lipinski definition) is 1. The summed E-state index contributed by atoms with van der Waals surface area (Å²) in [6.07, 6.45) is 2.42. The molecule has 0 aliphatic carbocycles. The smallest absolute Gasteiger partial charge is 0.322 e. The molecule has 1 fully saturated rings. The maximum Gasteiger partial charge on any atom is 0.322 e. The number of nitrogens with zero attached hydrogens (tertiary/aromatic N) is 1. The molecule has 7 heteroatoms. The van der Waals surface area contributed by atoms with Crippen molar-refractivity contribution in [1.82, 2.24) is 4.31 Å². The molecule has 21 heavy (non-hydrogen) atoms. The van der Waals surface area contributed by atoms with Gasteiger partial charge in [-0.3, -0.25) is 4.79 Å². The van der Waals surface area contributed by atoms with Crippen molar-refractivity contribution in [1.29, 1.82) is 0 Å². The van der Waals surface area contributed by atoms with Crippen LogP contribution in [0.1, 0.15) is 31.2 Å². The highest BCUT2D eigenvalue weighted by molar-refractivity contribution is 7.89. The van der Waals surface area contributed by atoms with Crippen LogP contribution in [0, 0.1) is 12.7 Å². The average molecular weight is 315 g/mol. The van der Waals surface area contributed by atoms with Crippen LogP contribution >= 0.6 is 0 Å². The summed E-state index contributed by atoms with van der Waals surface area (Å²) in [5.74, 6) is -1.66. The SMILES string of the molecule is Cc1cc(F)ccc1S(=O)(=O)N1CCCCCC1C(=O)O. The molecular formula is C14H18FNO4S. The molecule has 0 radical (unpaired) electrons. The van der Waals surface area contributed by atoms with E-state index in [0.29, 0.717) is 19.3 Å². The predicted octanol–water partition coefficient (Wildman–Crippen LogP) is 2.15. The summed E-state index contributed by atoms with van der Waals surface area (Å²) in [5.41, 5.74) is 0.281. The maximum absolute atomic E-state index is 13.1. The van der Waals surface area contributed by atoms with Crippen molar-refractivity contribution in [2.75, 3.05) is 6.54 Å². The number of halogens is 1. The lowest BCUT2D eigenvalue weighted by molar-refractivity contribution is -0.141. The highest BCUT2D eigenvalue weighted by atomic mass is 32.2. The summed E-state index contributed by atoms with van der Waals surface area (Å²) < 4.78 is 39.6. The van der Waals surface area contributed by atoms with Gasteiger partial charge in [-0.25, -0.2) is 12.8 Å². The van der Waals surface area contributed by atoms with E-state index < -0.39 is 27.9 Å². The fraction of sp³-hybridized carbons (Fsp3) is 0.500. The van der Waals surface area contributed by atoms with E-state index in [1.165, 1.54) is 13.0 Å². The second-order valence-corrected chi connectivity index (χ2v) is 7.09. The highest BCUT2D eigenvalue weighted by Gasteiger charge is 2.37. The fourth-order valence-corrected chi connectivity index (χ4v) is 4.50. The van der Waals surface area contributed by atoms with E-state index in [0.717, 1.165) is 22.9 Å². The number of sulfonamides is 1. The normalized spacial score (nSPS) is 21.0. The summed E-state index contributed by atoms with van der Waals surface area (Å²) in [4.78, 5) is 11.3. The van der Waals surface area contributed by atoms with E-state index >= 15 is 0 Å². The molecule has 0 spiro atoms. The topological polar surface area (TPSA) is 74.7 Å². The summed E-state index contributed by atoms with van der Waals surface area (Å²) >= 11 is 0. The molecule has 1 saturated heterocycles. The first-order chi connectivity index (χ1) is 9.84. The molecule has 1 aromatic carbocycles. The molecular weight excluding hydrogens is 297 g/mol. The third-order valence-electron chi connectivity index (χ3n) is 3.71. The van der Waals surface area contributed by atoms with Gasteiger partial charge in [0.2, 0.25) is 10.0 Å². The number of carbonyl (C=O) groups is 1. The maximum atomic E-state index is 13.1. The van der Waals surface area contributed by atoms with Crippen LogP contribution < -0.4 is 0 Å². The van der Waals surface area contributed by atoms with E-state index in [2.05, 4.69) is 0 Å². The van der Waals surface area contributed by atoms with Crippen LogP contribution in [0.5, 0.6) is 0 Å². The number of benzene rings is 1. The number of rotatable bonds is 3. The van der Waals surface area contributed by atoms with Crippen LogP contribution in [0.2, 0.25) is 0 Å². The van der Waals surface area contributed by atoms with Crippen molar-refractivity contribution >= 4 is 16.0 Å². The highest BCUT2D eigenvalue weighted by Crippen LogP contribution is 2.27. The van der Waals surface area contributed by atoms with Gasteiger partial charge < -0.3 is 5.11 Å². The lowest BCUT2D eigenvalue weighted by Crippen LogP contribution is -2.44. The molecule has 1 heterocycles. The second kappa shape index (κ2) is 6.11. The fourth-order valence-electron chi connectivity index (χ4n) is 2.64. The molecule has 1 N–H and O–H groups in total. The standard InChI is InChI=1S/C14H18FNO4S/c1-10-9-11(15)6-7-13(10)21(19,20)16-8-4-2-3-5-12(16)14(17)18/h6-7,9,12H,2-5,8H2,1H3,(H,17,18). The molecule has 1 aromatic rings. The lowest BCUT2D eigenvalue weighted by Gasteiger charge is -2.26. The number of carboxylic acids is 1. The van der Waals surface area contributed by atoms with Crippen LogP contribution in [-0.2, 0) is 14.8 Å². The quantitative estimate of drug-likeness (QED) is 0.927. The van der Waals surface area contributed by atoms with E-state index in [1.807, 2.05) is 0 Å². The van der Waals surface area contributed by atoms with Crippen LogP contribution in [0.25, 0.3) is 0 Å². The zero-order valence-electron chi connectivity index (χ0n) is 11.8. The van der Waals surface area contributed by atoms with Crippen molar-refractivity contribution < 1.29 is 22.7 Å². The van der Waals surface area contributed by atoms with Gasteiger partial charge in [0, 0.05) is 6.54 Å². The van der Waals surface area contributed by atoms with Gasteiger partial charge in [-0.2, -0.15) is 4.31 Å². The number of aryl methyl sites for hydroxylation is 1. The van der Waals surface area contributed by atoms with Crippen LogP contribution in [-0.4, -0.2) is 36.4 Å². The van der Waals surface area contributed by atoms with Crippen LogP contribution in [0.4, 0.5) is 4.39 Å². The minimum atomic E-state index is -3.94. The Kier molecular flexibility index (Phi) is 4.63. The van der Waals surface area contributed by atoms with Crippen molar-refractivity contribution in [3.63, 3.8) is 0 Å². The van der Waals surface area contributed by atoms with Crippen LogP contribution in [0.15, 0.2) is 23.1 Å². The van der Waals surface area contributed by atoms with Gasteiger partial charge in [-0.1, -0.05) is 12.8 Å². The first-order valence-electron chi connectivity index (χ1n) is 6.85. The Morgan fingerprint density at radius 1 is 1.33 bits per heavy atom. The third-order valence-corrected chi connectivity index (χ3v) is 5.78. The van der Waals surface area contributed by atoms with Gasteiger partial charge in [-0.05, 0) is 43.5 Å². The van der Waals surface area contributed by atoms with Crippen molar-refractivity contribution in [3.05, 3.63) is 29.6 Å². The monoisotopic (exact) mass is 315 g/mol. The molecule has 116 valence electrons. The minimum absolute atomic E-state index is 0.0305. The van der Waals surface area contributed by atoms with E-state index in [-0.39, 0.29) is 17.0 Å². The average Bonchev–Trinajstić information content (AvgIpc) is 2.64. The number of hydrogen-bond acceptors (Lipinski definition) is 3. The number of aliphatic carboxylic acids is 1. The Bertz CT molecular complexity index is 644. The molecule has 0 amide bonds. The predicted molar refractivity (Wildman–Crippen MR) is 74.9 cm³/mol. The lowest BCUT2D eigenvalue weighted by atomic mass is 10.1. The van der Waals surface area contributed by atoms with Gasteiger partial charge in [0.25, 0.3) is 0 Å². The first kappa shape index (κ1) is 15.9. The minimum Gasteiger partial charge on any atom is -0.480 e. The third kappa shape index (κ3) is 3.24. The van der Waals surface area contributed by atoms with Crippen molar-refractivity contribution in [3.8, 4) is 0 Å². The molecule has 0 saturated carbocycles. The zero-order valence-corrected chi connectivity index (χ0v) is 12.6. The molecule has 1 aliphatic heterocycles. The Labute approximate surface area is 123 Å². The van der Waals surface area contributed by atoms with Gasteiger partial charge in [-0.15, -0.1) is 0 Å². The molecule has 1 unspecified atom stereocenters. The van der Waals surface area contributed by atoms with Gasteiger partial charge in [0.05, 0.1) is 4.90 Å². The molecule has 1 atom stereocenters. The summed E-state index contributed by atoms with van der Waals surface area (Å²) in [6, 6.07) is 2.36. The Morgan fingerprint density at radius 3 is 2.67 bits per heavy atom. The largest absolute Gasteiger partial charge is 0.480 e. The summed E-state index contributed by atoms with van der Waals surface area (Å²) in [5, 5.41) is 9.29. The summed E-state index contributed by atoms with van der Waals surface area (Å²) in [7, 11) is -3.94.